The van der Waals surface area contributed by atoms with Crippen LogP contribution in [0.15, 0.2) is 18.2 Å². The van der Waals surface area contributed by atoms with Crippen molar-refractivity contribution in [3.8, 4) is 0 Å². The third-order valence-corrected chi connectivity index (χ3v) is 2.19. The van der Waals surface area contributed by atoms with Crippen LogP contribution in [-0.2, 0) is 9.47 Å². The minimum atomic E-state index is -0.943. The Morgan fingerprint density at radius 3 is 2.74 bits per heavy atom. The van der Waals surface area contributed by atoms with Crippen molar-refractivity contribution in [2.75, 3.05) is 19.8 Å². The van der Waals surface area contributed by atoms with E-state index in [1.807, 2.05) is 6.92 Å². The van der Waals surface area contributed by atoms with Crippen LogP contribution in [0.3, 0.4) is 0 Å². The average molecular weight is 271 g/mol. The van der Waals surface area contributed by atoms with Crippen LogP contribution in [-0.4, -0.2) is 30.7 Å². The van der Waals surface area contributed by atoms with E-state index in [1.54, 1.807) is 0 Å². The maximum Gasteiger partial charge on any atom is 0.341 e. The molecule has 0 atom stereocenters. The Bertz CT molecular complexity index is 463. The molecule has 0 spiro atoms. The van der Waals surface area contributed by atoms with Crippen molar-refractivity contribution < 1.29 is 23.6 Å². The third kappa shape index (κ3) is 4.63. The summed E-state index contributed by atoms with van der Waals surface area (Å²) in [5, 5.41) is 10.5. The van der Waals surface area contributed by atoms with Crippen molar-refractivity contribution in [3.05, 3.63) is 39.7 Å². The number of nitro benzene ring substituents is 1. The molecule has 0 bridgehead atoms. The number of halogens is 1. The van der Waals surface area contributed by atoms with Crippen LogP contribution in [0.4, 0.5) is 10.1 Å². The number of hydrogen-bond acceptors (Lipinski definition) is 5. The number of nitro groups is 1. The van der Waals surface area contributed by atoms with Crippen LogP contribution in [0.5, 0.6) is 0 Å². The summed E-state index contributed by atoms with van der Waals surface area (Å²) in [6.07, 6.45) is 0.841. The fourth-order valence-corrected chi connectivity index (χ4v) is 1.30. The Kier molecular flexibility index (Phi) is 5.87. The highest BCUT2D eigenvalue weighted by atomic mass is 19.1. The first-order chi connectivity index (χ1) is 9.06. The zero-order valence-corrected chi connectivity index (χ0v) is 10.4. The number of non-ortho nitro benzene ring substituents is 1. The van der Waals surface area contributed by atoms with Crippen molar-refractivity contribution in [3.63, 3.8) is 0 Å². The summed E-state index contributed by atoms with van der Waals surface area (Å²) < 4.78 is 23.2. The summed E-state index contributed by atoms with van der Waals surface area (Å²) in [6, 6.07) is 2.70. The standard InChI is InChI=1S/C12H14FNO5/c1-2-5-18-6-7-19-12(15)10-8-9(14(16)17)3-4-11(10)13/h3-4,8H,2,5-7H2,1H3. The van der Waals surface area contributed by atoms with E-state index in [4.69, 9.17) is 9.47 Å². The summed E-state index contributed by atoms with van der Waals surface area (Å²) in [6.45, 7) is 2.66. The molecule has 1 aromatic carbocycles. The van der Waals surface area contributed by atoms with Gasteiger partial charge < -0.3 is 9.47 Å². The summed E-state index contributed by atoms with van der Waals surface area (Å²) in [5.74, 6) is -1.80. The first kappa shape index (κ1) is 15.0. The predicted molar refractivity (Wildman–Crippen MR) is 64.4 cm³/mol. The van der Waals surface area contributed by atoms with Gasteiger partial charge in [-0.05, 0) is 12.5 Å². The van der Waals surface area contributed by atoms with Crippen LogP contribution in [0, 0.1) is 15.9 Å². The molecule has 0 aliphatic carbocycles. The molecule has 19 heavy (non-hydrogen) atoms. The highest BCUT2D eigenvalue weighted by molar-refractivity contribution is 5.90. The smallest absolute Gasteiger partial charge is 0.341 e. The van der Waals surface area contributed by atoms with Gasteiger partial charge in [0.05, 0.1) is 11.5 Å². The Labute approximate surface area is 109 Å². The summed E-state index contributed by atoms with van der Waals surface area (Å²) in [4.78, 5) is 21.4. The molecule has 0 aromatic heterocycles. The minimum absolute atomic E-state index is 0.0268. The van der Waals surface area contributed by atoms with Gasteiger partial charge in [-0.15, -0.1) is 0 Å². The Hall–Kier alpha value is -2.02. The number of carbonyl (C=O) groups is 1. The maximum absolute atomic E-state index is 13.4. The number of esters is 1. The molecular formula is C12H14FNO5. The average Bonchev–Trinajstić information content (AvgIpc) is 2.38. The second-order valence-electron chi connectivity index (χ2n) is 3.67. The van der Waals surface area contributed by atoms with Gasteiger partial charge in [-0.3, -0.25) is 10.1 Å². The lowest BCUT2D eigenvalue weighted by Gasteiger charge is -2.06. The molecule has 1 rings (SSSR count). The van der Waals surface area contributed by atoms with Crippen LogP contribution in [0.2, 0.25) is 0 Å². The van der Waals surface area contributed by atoms with E-state index in [-0.39, 0.29) is 18.9 Å². The fraction of sp³-hybridized carbons (Fsp3) is 0.417. The van der Waals surface area contributed by atoms with E-state index >= 15 is 0 Å². The molecule has 6 nitrogen and oxygen atoms in total. The molecule has 0 aliphatic heterocycles. The van der Waals surface area contributed by atoms with Crippen molar-refractivity contribution in [2.24, 2.45) is 0 Å². The molecule has 7 heteroatoms. The summed E-state index contributed by atoms with van der Waals surface area (Å²) in [7, 11) is 0. The van der Waals surface area contributed by atoms with E-state index in [9.17, 15) is 19.3 Å². The highest BCUT2D eigenvalue weighted by Gasteiger charge is 2.17. The van der Waals surface area contributed by atoms with Gasteiger partial charge in [0.1, 0.15) is 18.0 Å². The molecule has 1 aromatic rings. The Balaban J connectivity index is 2.61. The van der Waals surface area contributed by atoms with Gasteiger partial charge in [-0.2, -0.15) is 0 Å². The van der Waals surface area contributed by atoms with Crippen molar-refractivity contribution >= 4 is 11.7 Å². The molecule has 0 fully saturated rings. The van der Waals surface area contributed by atoms with Gasteiger partial charge in [-0.25, -0.2) is 9.18 Å². The first-order valence-electron chi connectivity index (χ1n) is 5.75. The SMILES string of the molecule is CCCOCCOC(=O)c1cc([N+](=O)[O-])ccc1F. The first-order valence-corrected chi connectivity index (χ1v) is 5.75. The Morgan fingerprint density at radius 1 is 1.37 bits per heavy atom. The summed E-state index contributed by atoms with van der Waals surface area (Å²) in [5.41, 5.74) is -0.819. The lowest BCUT2D eigenvalue weighted by Crippen LogP contribution is -2.12. The van der Waals surface area contributed by atoms with Gasteiger partial charge in [0.25, 0.3) is 5.69 Å². The van der Waals surface area contributed by atoms with Gasteiger partial charge in [0.15, 0.2) is 0 Å². The summed E-state index contributed by atoms with van der Waals surface area (Å²) >= 11 is 0. The minimum Gasteiger partial charge on any atom is -0.460 e. The fourth-order valence-electron chi connectivity index (χ4n) is 1.30. The van der Waals surface area contributed by atoms with Crippen molar-refractivity contribution in [1.29, 1.82) is 0 Å². The largest absolute Gasteiger partial charge is 0.460 e. The zero-order valence-electron chi connectivity index (χ0n) is 10.4. The highest BCUT2D eigenvalue weighted by Crippen LogP contribution is 2.17. The van der Waals surface area contributed by atoms with Gasteiger partial charge >= 0.3 is 5.97 Å². The van der Waals surface area contributed by atoms with Gasteiger partial charge in [-0.1, -0.05) is 6.92 Å². The van der Waals surface area contributed by atoms with Crippen molar-refractivity contribution in [1.82, 2.24) is 0 Å². The van der Waals surface area contributed by atoms with Crippen LogP contribution in [0.1, 0.15) is 23.7 Å². The molecule has 104 valence electrons. The number of carbonyl (C=O) groups excluding carboxylic acids is 1. The van der Waals surface area contributed by atoms with Crippen LogP contribution in [0.25, 0.3) is 0 Å². The van der Waals surface area contributed by atoms with E-state index < -0.39 is 22.3 Å². The number of rotatable bonds is 7. The van der Waals surface area contributed by atoms with Crippen molar-refractivity contribution in [2.45, 2.75) is 13.3 Å². The molecule has 0 heterocycles. The normalized spacial score (nSPS) is 10.2. The molecule has 0 N–H and O–H groups in total. The maximum atomic E-state index is 13.4. The monoisotopic (exact) mass is 271 g/mol. The molecule has 0 aliphatic rings. The molecular weight excluding hydrogens is 257 g/mol. The van der Waals surface area contributed by atoms with Crippen LogP contribution < -0.4 is 0 Å². The van der Waals surface area contributed by atoms with E-state index in [0.717, 1.165) is 24.6 Å². The Morgan fingerprint density at radius 2 is 2.11 bits per heavy atom. The number of benzene rings is 1. The zero-order chi connectivity index (χ0) is 14.3. The lowest BCUT2D eigenvalue weighted by molar-refractivity contribution is -0.384. The number of nitrogens with zero attached hydrogens (tertiary/aromatic N) is 1. The molecule has 0 radical (unpaired) electrons. The van der Waals surface area contributed by atoms with E-state index in [0.29, 0.717) is 6.61 Å². The molecule has 0 saturated carbocycles. The molecule has 0 saturated heterocycles. The van der Waals surface area contributed by atoms with E-state index in [2.05, 4.69) is 0 Å². The van der Waals surface area contributed by atoms with Crippen LogP contribution >= 0.6 is 0 Å². The van der Waals surface area contributed by atoms with Gasteiger partial charge in [0, 0.05) is 18.7 Å². The second-order valence-corrected chi connectivity index (χ2v) is 3.67. The third-order valence-electron chi connectivity index (χ3n) is 2.19. The quantitative estimate of drug-likeness (QED) is 0.329. The topological polar surface area (TPSA) is 78.7 Å². The number of ether oxygens (including phenoxy) is 2. The molecule has 0 unspecified atom stereocenters. The lowest BCUT2D eigenvalue weighted by atomic mass is 10.2. The predicted octanol–water partition coefficient (Wildman–Crippen LogP) is 2.32. The van der Waals surface area contributed by atoms with Gasteiger partial charge in [0.2, 0.25) is 0 Å². The molecule has 0 amide bonds. The number of hydrogen-bond donors (Lipinski definition) is 0. The van der Waals surface area contributed by atoms with E-state index in [1.165, 1.54) is 0 Å². The second kappa shape index (κ2) is 7.42.